The van der Waals surface area contributed by atoms with Crippen molar-refractivity contribution < 1.29 is 9.53 Å². The highest BCUT2D eigenvalue weighted by molar-refractivity contribution is 5.87. The number of amides is 1. The number of carbonyl (C=O) groups excluding carboxylic acids is 1. The van der Waals surface area contributed by atoms with E-state index in [1.807, 2.05) is 42.5 Å². The molecule has 0 aliphatic heterocycles. The first-order chi connectivity index (χ1) is 14.2. The van der Waals surface area contributed by atoms with Gasteiger partial charge < -0.3 is 4.74 Å². The lowest BCUT2D eigenvalue weighted by Gasteiger charge is -2.30. The minimum atomic E-state index is -0.285. The first kappa shape index (κ1) is 19.5. The van der Waals surface area contributed by atoms with E-state index in [1.54, 1.807) is 17.0 Å². The van der Waals surface area contributed by atoms with E-state index < -0.39 is 0 Å². The van der Waals surface area contributed by atoms with Crippen LogP contribution in [0.15, 0.2) is 54.6 Å². The lowest BCUT2D eigenvalue weighted by atomic mass is 9.90. The number of anilines is 1. The number of nitriles is 1. The smallest absolute Gasteiger partial charge is 0.414 e. The molecule has 29 heavy (non-hydrogen) atoms. The third-order valence-electron chi connectivity index (χ3n) is 6.48. The maximum absolute atomic E-state index is 13.3. The van der Waals surface area contributed by atoms with Gasteiger partial charge in [-0.3, -0.25) is 4.90 Å². The molecule has 0 N–H and O–H groups in total. The van der Waals surface area contributed by atoms with Gasteiger partial charge in [-0.25, -0.2) is 4.79 Å². The molecule has 1 amide bonds. The summed E-state index contributed by atoms with van der Waals surface area (Å²) in [6.45, 7) is 0.450. The van der Waals surface area contributed by atoms with Gasteiger partial charge in [0.15, 0.2) is 0 Å². The van der Waals surface area contributed by atoms with Crippen LogP contribution < -0.4 is 4.90 Å². The molecule has 2 aliphatic rings. The van der Waals surface area contributed by atoms with E-state index in [1.165, 1.54) is 38.5 Å². The third-order valence-corrected chi connectivity index (χ3v) is 6.48. The highest BCUT2D eigenvalue weighted by atomic mass is 16.6. The number of ether oxygens (including phenoxy) is 1. The fraction of sp³-hybridized carbons (Fsp3) is 0.440. The van der Waals surface area contributed by atoms with Crippen LogP contribution in [0, 0.1) is 23.2 Å². The Hall–Kier alpha value is -2.80. The van der Waals surface area contributed by atoms with E-state index in [4.69, 9.17) is 10.00 Å². The minimum Gasteiger partial charge on any atom is -0.446 e. The first-order valence-corrected chi connectivity index (χ1v) is 10.7. The maximum Gasteiger partial charge on any atom is 0.414 e. The van der Waals surface area contributed by atoms with Gasteiger partial charge in [0.2, 0.25) is 0 Å². The zero-order valence-corrected chi connectivity index (χ0v) is 16.8. The van der Waals surface area contributed by atoms with Crippen molar-refractivity contribution in [1.29, 1.82) is 5.26 Å². The Kier molecular flexibility index (Phi) is 6.14. The van der Waals surface area contributed by atoms with Crippen molar-refractivity contribution in [2.45, 2.75) is 57.6 Å². The molecular formula is C25H28N2O2. The number of benzene rings is 2. The van der Waals surface area contributed by atoms with Crippen molar-refractivity contribution >= 4 is 11.8 Å². The fourth-order valence-corrected chi connectivity index (χ4v) is 4.79. The molecule has 4 rings (SSSR count). The number of nitrogens with zero attached hydrogens (tertiary/aromatic N) is 2. The van der Waals surface area contributed by atoms with Gasteiger partial charge in [-0.15, -0.1) is 0 Å². The summed E-state index contributed by atoms with van der Waals surface area (Å²) in [4.78, 5) is 15.0. The molecule has 0 spiro atoms. The van der Waals surface area contributed by atoms with Crippen molar-refractivity contribution in [1.82, 2.24) is 0 Å². The molecule has 2 saturated carbocycles. The summed E-state index contributed by atoms with van der Waals surface area (Å²) in [6.07, 6.45) is 8.11. The number of rotatable bonds is 4. The van der Waals surface area contributed by atoms with E-state index in [0.717, 1.165) is 23.6 Å². The topological polar surface area (TPSA) is 53.3 Å². The van der Waals surface area contributed by atoms with Gasteiger partial charge in [-0.2, -0.15) is 5.26 Å². The van der Waals surface area contributed by atoms with Gasteiger partial charge >= 0.3 is 6.09 Å². The molecule has 3 atom stereocenters. The monoisotopic (exact) mass is 388 g/mol. The van der Waals surface area contributed by atoms with Crippen LogP contribution in [0.5, 0.6) is 0 Å². The molecule has 0 aromatic heterocycles. The standard InChI is InChI=1S/C25H28N2O2/c26-17-20-10-14-23(15-11-20)27(18-21-5-2-1-3-6-21)25(28)29-24-16-12-19-7-4-8-22(24)13-9-19/h1-3,5-6,10-11,14-15,19,22,24H,4,7-9,12-13,16,18H2/t19?,22?,24-/m0/s1. The van der Waals surface area contributed by atoms with Gasteiger partial charge in [-0.05, 0) is 67.3 Å². The van der Waals surface area contributed by atoms with Gasteiger partial charge in [0.25, 0.3) is 0 Å². The van der Waals surface area contributed by atoms with Crippen molar-refractivity contribution in [3.63, 3.8) is 0 Å². The molecule has 2 bridgehead atoms. The van der Waals surface area contributed by atoms with Crippen LogP contribution in [-0.4, -0.2) is 12.2 Å². The second-order valence-electron chi connectivity index (χ2n) is 8.36. The Bertz CT molecular complexity index is 857. The average molecular weight is 389 g/mol. The Morgan fingerprint density at radius 2 is 1.72 bits per heavy atom. The number of fused-ring (bicyclic) bond motifs is 3. The molecule has 2 aromatic rings. The molecule has 150 valence electrons. The highest BCUT2D eigenvalue weighted by Gasteiger charge is 2.33. The third kappa shape index (κ3) is 4.79. The van der Waals surface area contributed by atoms with Gasteiger partial charge in [0.1, 0.15) is 6.10 Å². The molecule has 0 saturated heterocycles. The first-order valence-electron chi connectivity index (χ1n) is 10.7. The Morgan fingerprint density at radius 3 is 2.48 bits per heavy atom. The van der Waals surface area contributed by atoms with Crippen LogP contribution in [0.25, 0.3) is 0 Å². The summed E-state index contributed by atoms with van der Waals surface area (Å²) in [7, 11) is 0. The second kappa shape index (κ2) is 9.13. The molecular weight excluding hydrogens is 360 g/mol. The van der Waals surface area contributed by atoms with Crippen LogP contribution in [-0.2, 0) is 11.3 Å². The summed E-state index contributed by atoms with van der Waals surface area (Å²) < 4.78 is 6.12. The van der Waals surface area contributed by atoms with Crippen molar-refractivity contribution in [3.8, 4) is 6.07 Å². The van der Waals surface area contributed by atoms with Crippen LogP contribution in [0.4, 0.5) is 10.5 Å². The predicted molar refractivity (Wildman–Crippen MR) is 113 cm³/mol. The summed E-state index contributed by atoms with van der Waals surface area (Å²) in [6, 6.07) is 19.2. The lowest BCUT2D eigenvalue weighted by molar-refractivity contribution is 0.0553. The zero-order valence-electron chi connectivity index (χ0n) is 16.8. The van der Waals surface area contributed by atoms with Crippen LogP contribution in [0.3, 0.4) is 0 Å². The van der Waals surface area contributed by atoms with E-state index in [-0.39, 0.29) is 12.2 Å². The Balaban J connectivity index is 1.54. The maximum atomic E-state index is 13.3. The van der Waals surface area contributed by atoms with E-state index in [9.17, 15) is 4.79 Å². The van der Waals surface area contributed by atoms with E-state index in [2.05, 4.69) is 6.07 Å². The van der Waals surface area contributed by atoms with Crippen LogP contribution >= 0.6 is 0 Å². The van der Waals surface area contributed by atoms with Gasteiger partial charge in [0, 0.05) is 5.69 Å². The SMILES string of the molecule is N#Cc1ccc(N(Cc2ccccc2)C(=O)O[C@H]2CCC3CCCC2CC3)cc1. The van der Waals surface area contributed by atoms with Gasteiger partial charge in [-0.1, -0.05) is 49.6 Å². The molecule has 2 fully saturated rings. The van der Waals surface area contributed by atoms with E-state index in [0.29, 0.717) is 18.0 Å². The van der Waals surface area contributed by atoms with E-state index >= 15 is 0 Å². The fourth-order valence-electron chi connectivity index (χ4n) is 4.79. The molecule has 2 aliphatic carbocycles. The number of hydrogen-bond acceptors (Lipinski definition) is 3. The predicted octanol–water partition coefficient (Wildman–Crippen LogP) is 6.06. The Labute approximate surface area is 173 Å². The molecule has 0 radical (unpaired) electrons. The molecule has 2 aromatic carbocycles. The van der Waals surface area contributed by atoms with Crippen LogP contribution in [0.1, 0.15) is 56.1 Å². The molecule has 4 nitrogen and oxygen atoms in total. The molecule has 0 heterocycles. The Morgan fingerprint density at radius 1 is 0.966 bits per heavy atom. The average Bonchev–Trinajstić information content (AvgIpc) is 3.10. The van der Waals surface area contributed by atoms with Gasteiger partial charge in [0.05, 0.1) is 18.2 Å². The molecule has 2 unspecified atom stereocenters. The zero-order chi connectivity index (χ0) is 20.1. The summed E-state index contributed by atoms with van der Waals surface area (Å²) >= 11 is 0. The van der Waals surface area contributed by atoms with Crippen LogP contribution in [0.2, 0.25) is 0 Å². The largest absolute Gasteiger partial charge is 0.446 e. The highest BCUT2D eigenvalue weighted by Crippen LogP contribution is 2.39. The summed E-state index contributed by atoms with van der Waals surface area (Å²) in [5.41, 5.74) is 2.39. The number of carbonyl (C=O) groups is 1. The summed E-state index contributed by atoms with van der Waals surface area (Å²) in [5.74, 6) is 1.30. The van der Waals surface area contributed by atoms with Crippen molar-refractivity contribution in [2.24, 2.45) is 11.8 Å². The van der Waals surface area contributed by atoms with Crippen molar-refractivity contribution in [3.05, 3.63) is 65.7 Å². The minimum absolute atomic E-state index is 0.0180. The quantitative estimate of drug-likeness (QED) is 0.639. The summed E-state index contributed by atoms with van der Waals surface area (Å²) in [5, 5.41) is 9.08. The lowest BCUT2D eigenvalue weighted by Crippen LogP contribution is -2.36. The molecule has 4 heteroatoms. The second-order valence-corrected chi connectivity index (χ2v) is 8.36. The number of hydrogen-bond donors (Lipinski definition) is 0. The normalized spacial score (nSPS) is 23.5. The van der Waals surface area contributed by atoms with Crippen molar-refractivity contribution in [2.75, 3.05) is 4.90 Å².